The standard InChI is InChI=1S/C28H28ClFN2O2/c29-23-7-5-21(6-8-23)27(33)32-18-15-28(20-32)13-16-31(17-14-28)19-22-3-1-2-4-26(22)34-25-11-9-24(30)10-12-25/h1-12H,13-20H2. The molecule has 6 heteroatoms. The molecule has 2 saturated heterocycles. The monoisotopic (exact) mass is 478 g/mol. The average molecular weight is 479 g/mol. The van der Waals surface area contributed by atoms with Gasteiger partial charge in [0.15, 0.2) is 0 Å². The molecule has 0 bridgehead atoms. The largest absolute Gasteiger partial charge is 0.457 e. The van der Waals surface area contributed by atoms with Gasteiger partial charge in [-0.05, 0) is 92.4 Å². The number of nitrogens with zero attached hydrogens (tertiary/aromatic N) is 2. The minimum atomic E-state index is -0.275. The van der Waals surface area contributed by atoms with Crippen molar-refractivity contribution in [3.63, 3.8) is 0 Å². The van der Waals surface area contributed by atoms with E-state index in [-0.39, 0.29) is 17.1 Å². The van der Waals surface area contributed by atoms with Gasteiger partial charge in [0.1, 0.15) is 17.3 Å². The summed E-state index contributed by atoms with van der Waals surface area (Å²) < 4.78 is 19.3. The Morgan fingerprint density at radius 2 is 1.59 bits per heavy atom. The van der Waals surface area contributed by atoms with E-state index in [1.165, 1.54) is 12.1 Å². The normalized spacial score (nSPS) is 17.8. The average Bonchev–Trinajstić information content (AvgIpc) is 3.27. The first-order chi connectivity index (χ1) is 16.5. The van der Waals surface area contributed by atoms with Gasteiger partial charge in [0.2, 0.25) is 0 Å². The lowest BCUT2D eigenvalue weighted by atomic mass is 9.77. The van der Waals surface area contributed by atoms with Crippen molar-refractivity contribution in [2.45, 2.75) is 25.8 Å². The van der Waals surface area contributed by atoms with Gasteiger partial charge >= 0.3 is 0 Å². The number of para-hydroxylation sites is 1. The maximum Gasteiger partial charge on any atom is 0.253 e. The minimum absolute atomic E-state index is 0.0999. The van der Waals surface area contributed by atoms with E-state index in [1.807, 2.05) is 35.2 Å². The van der Waals surface area contributed by atoms with Crippen molar-refractivity contribution >= 4 is 17.5 Å². The predicted octanol–water partition coefficient (Wildman–Crippen LogP) is 6.40. The molecule has 0 aromatic heterocycles. The van der Waals surface area contributed by atoms with Crippen molar-refractivity contribution in [3.05, 3.63) is 94.8 Å². The Bertz CT molecular complexity index is 1140. The van der Waals surface area contributed by atoms with Crippen LogP contribution in [0.25, 0.3) is 0 Å². The molecule has 34 heavy (non-hydrogen) atoms. The molecule has 0 N–H and O–H groups in total. The number of hydrogen-bond donors (Lipinski definition) is 0. The van der Waals surface area contributed by atoms with Crippen LogP contribution in [0.5, 0.6) is 11.5 Å². The summed E-state index contributed by atoms with van der Waals surface area (Å²) in [5.41, 5.74) is 2.04. The van der Waals surface area contributed by atoms with Crippen LogP contribution in [0.15, 0.2) is 72.8 Å². The number of hydrogen-bond acceptors (Lipinski definition) is 3. The number of benzene rings is 3. The molecule has 0 unspecified atom stereocenters. The van der Waals surface area contributed by atoms with Crippen LogP contribution >= 0.6 is 11.6 Å². The van der Waals surface area contributed by atoms with E-state index in [4.69, 9.17) is 16.3 Å². The lowest BCUT2D eigenvalue weighted by molar-refractivity contribution is 0.0713. The maximum atomic E-state index is 13.2. The zero-order valence-corrected chi connectivity index (χ0v) is 19.8. The fourth-order valence-corrected chi connectivity index (χ4v) is 5.21. The molecule has 2 fully saturated rings. The van der Waals surface area contributed by atoms with Gasteiger partial charge in [-0.15, -0.1) is 0 Å². The summed E-state index contributed by atoms with van der Waals surface area (Å²) in [6.07, 6.45) is 3.22. The predicted molar refractivity (Wildman–Crippen MR) is 132 cm³/mol. The van der Waals surface area contributed by atoms with Crippen LogP contribution in [0.1, 0.15) is 35.2 Å². The molecule has 3 aromatic rings. The molecular formula is C28H28ClFN2O2. The van der Waals surface area contributed by atoms with Gasteiger partial charge in [-0.3, -0.25) is 9.69 Å². The number of carbonyl (C=O) groups is 1. The number of rotatable bonds is 5. The smallest absolute Gasteiger partial charge is 0.253 e. The van der Waals surface area contributed by atoms with Gasteiger partial charge in [-0.25, -0.2) is 4.39 Å². The minimum Gasteiger partial charge on any atom is -0.457 e. The quantitative estimate of drug-likeness (QED) is 0.425. The number of amides is 1. The van der Waals surface area contributed by atoms with Gasteiger partial charge in [0, 0.05) is 35.8 Å². The third-order valence-electron chi connectivity index (χ3n) is 7.14. The van der Waals surface area contributed by atoms with Crippen LogP contribution in [-0.2, 0) is 6.54 Å². The highest BCUT2D eigenvalue weighted by Crippen LogP contribution is 2.41. The SMILES string of the molecule is O=C(c1ccc(Cl)cc1)N1CCC2(CCN(Cc3ccccc3Oc3ccc(F)cc3)CC2)C1. The third-order valence-corrected chi connectivity index (χ3v) is 7.39. The lowest BCUT2D eigenvalue weighted by Gasteiger charge is -2.39. The van der Waals surface area contributed by atoms with Crippen LogP contribution in [0.2, 0.25) is 5.02 Å². The van der Waals surface area contributed by atoms with E-state index in [0.29, 0.717) is 16.3 Å². The Morgan fingerprint density at radius 3 is 2.32 bits per heavy atom. The molecule has 2 aliphatic heterocycles. The number of halogens is 2. The van der Waals surface area contributed by atoms with Crippen LogP contribution in [0, 0.1) is 11.2 Å². The summed E-state index contributed by atoms with van der Waals surface area (Å²) in [5.74, 6) is 1.25. The van der Waals surface area contributed by atoms with Crippen molar-refractivity contribution in [3.8, 4) is 11.5 Å². The van der Waals surface area contributed by atoms with Gasteiger partial charge in [-0.2, -0.15) is 0 Å². The Balaban J connectivity index is 1.18. The fourth-order valence-electron chi connectivity index (χ4n) is 5.08. The molecule has 2 aliphatic rings. The molecule has 0 saturated carbocycles. The van der Waals surface area contributed by atoms with Gasteiger partial charge in [-0.1, -0.05) is 29.8 Å². The van der Waals surface area contributed by atoms with Crippen LogP contribution in [0.4, 0.5) is 4.39 Å². The fraction of sp³-hybridized carbons (Fsp3) is 0.321. The molecule has 1 amide bonds. The second kappa shape index (κ2) is 9.77. The molecule has 4 nitrogen and oxygen atoms in total. The summed E-state index contributed by atoms with van der Waals surface area (Å²) in [6, 6.07) is 21.3. The van der Waals surface area contributed by atoms with Gasteiger partial charge < -0.3 is 9.64 Å². The molecule has 5 rings (SSSR count). The molecule has 3 aromatic carbocycles. The lowest BCUT2D eigenvalue weighted by Crippen LogP contribution is -2.42. The molecule has 2 heterocycles. The van der Waals surface area contributed by atoms with E-state index in [9.17, 15) is 9.18 Å². The number of likely N-dealkylation sites (tertiary alicyclic amines) is 2. The van der Waals surface area contributed by atoms with Crippen molar-refractivity contribution in [1.82, 2.24) is 9.80 Å². The number of carbonyl (C=O) groups excluding carboxylic acids is 1. The Morgan fingerprint density at radius 1 is 0.912 bits per heavy atom. The first-order valence-electron chi connectivity index (χ1n) is 11.8. The molecule has 176 valence electrons. The molecule has 1 spiro atoms. The van der Waals surface area contributed by atoms with E-state index < -0.39 is 0 Å². The Kier molecular flexibility index (Phi) is 6.57. The Labute approximate surface area is 204 Å². The van der Waals surface area contributed by atoms with Gasteiger partial charge in [0.25, 0.3) is 5.91 Å². The molecule has 0 radical (unpaired) electrons. The zero-order chi connectivity index (χ0) is 23.5. The zero-order valence-electron chi connectivity index (χ0n) is 19.1. The van der Waals surface area contributed by atoms with E-state index in [1.54, 1.807) is 24.3 Å². The van der Waals surface area contributed by atoms with E-state index >= 15 is 0 Å². The highest BCUT2D eigenvalue weighted by Gasteiger charge is 2.42. The molecule has 0 aliphatic carbocycles. The molecular weight excluding hydrogens is 451 g/mol. The summed E-state index contributed by atoms with van der Waals surface area (Å²) in [7, 11) is 0. The first-order valence-corrected chi connectivity index (χ1v) is 12.2. The second-order valence-electron chi connectivity index (χ2n) is 9.42. The van der Waals surface area contributed by atoms with Crippen LogP contribution in [0.3, 0.4) is 0 Å². The Hall–Kier alpha value is -2.89. The molecule has 0 atom stereocenters. The first kappa shape index (κ1) is 22.9. The highest BCUT2D eigenvalue weighted by atomic mass is 35.5. The maximum absolute atomic E-state index is 13.2. The van der Waals surface area contributed by atoms with Gasteiger partial charge in [0.05, 0.1) is 0 Å². The number of ether oxygens (including phenoxy) is 1. The van der Waals surface area contributed by atoms with Crippen molar-refractivity contribution in [1.29, 1.82) is 0 Å². The van der Waals surface area contributed by atoms with Crippen molar-refractivity contribution < 1.29 is 13.9 Å². The van der Waals surface area contributed by atoms with Crippen LogP contribution in [-0.4, -0.2) is 41.9 Å². The summed E-state index contributed by atoms with van der Waals surface area (Å²) in [6.45, 7) is 4.44. The number of piperidine rings is 1. The summed E-state index contributed by atoms with van der Waals surface area (Å²) in [5, 5.41) is 0.645. The van der Waals surface area contributed by atoms with Crippen molar-refractivity contribution in [2.24, 2.45) is 5.41 Å². The van der Waals surface area contributed by atoms with E-state index in [0.717, 1.165) is 63.3 Å². The topological polar surface area (TPSA) is 32.8 Å². The summed E-state index contributed by atoms with van der Waals surface area (Å²) >= 11 is 5.97. The van der Waals surface area contributed by atoms with Crippen LogP contribution < -0.4 is 4.74 Å². The second-order valence-corrected chi connectivity index (χ2v) is 9.86. The highest BCUT2D eigenvalue weighted by molar-refractivity contribution is 6.30. The van der Waals surface area contributed by atoms with E-state index in [2.05, 4.69) is 11.0 Å². The van der Waals surface area contributed by atoms with Crippen molar-refractivity contribution in [2.75, 3.05) is 26.2 Å². The third kappa shape index (κ3) is 5.11. The summed E-state index contributed by atoms with van der Waals surface area (Å²) in [4.78, 5) is 17.4.